The molecule has 14 heteroatoms. The van der Waals surface area contributed by atoms with E-state index in [9.17, 15) is 24.3 Å². The fraction of sp³-hybridized carbons (Fsp3) is 0.773. The topological polar surface area (TPSA) is 232 Å². The molecule has 0 aromatic carbocycles. The first-order valence-corrected chi connectivity index (χ1v) is 13.7. The van der Waals surface area contributed by atoms with Gasteiger partial charge in [-0.15, -0.1) is 0 Å². The highest BCUT2D eigenvalue weighted by Gasteiger charge is 2.37. The maximum absolute atomic E-state index is 13.1. The van der Waals surface area contributed by atoms with Crippen molar-refractivity contribution >= 4 is 41.4 Å². The fourth-order valence-electron chi connectivity index (χ4n) is 3.95. The average Bonchev–Trinajstić information content (AvgIpc) is 3.32. The van der Waals surface area contributed by atoms with E-state index >= 15 is 0 Å². The summed E-state index contributed by atoms with van der Waals surface area (Å²) < 4.78 is 0. The molecular formula is C22H42N8O5S. The molecule has 0 radical (unpaired) electrons. The summed E-state index contributed by atoms with van der Waals surface area (Å²) in [6.45, 7) is 1.17. The van der Waals surface area contributed by atoms with Gasteiger partial charge in [-0.2, -0.15) is 11.8 Å². The molecule has 0 aromatic heterocycles. The number of carboxylic acid groups (broad SMARTS) is 1. The number of guanidine groups is 1. The molecule has 206 valence electrons. The van der Waals surface area contributed by atoms with Gasteiger partial charge in [-0.3, -0.25) is 19.4 Å². The van der Waals surface area contributed by atoms with Crippen LogP contribution in [0.15, 0.2) is 4.99 Å². The number of hydrogen-bond acceptors (Lipinski definition) is 8. The molecule has 0 aliphatic carbocycles. The van der Waals surface area contributed by atoms with E-state index in [0.717, 1.165) is 12.8 Å². The molecule has 1 heterocycles. The molecule has 11 N–H and O–H groups in total. The summed E-state index contributed by atoms with van der Waals surface area (Å²) in [6, 6.07) is -3.54. The van der Waals surface area contributed by atoms with E-state index in [1.165, 1.54) is 16.7 Å². The number of carbonyl (C=O) groups excluding carboxylic acids is 3. The Bertz CT molecular complexity index is 765. The van der Waals surface area contributed by atoms with Crippen LogP contribution in [0.2, 0.25) is 0 Å². The number of nitrogens with two attached hydrogens (primary N) is 4. The van der Waals surface area contributed by atoms with Crippen LogP contribution in [0, 0.1) is 0 Å². The zero-order valence-corrected chi connectivity index (χ0v) is 21.8. The Balaban J connectivity index is 2.81. The molecule has 3 amide bonds. The van der Waals surface area contributed by atoms with Gasteiger partial charge in [0, 0.05) is 13.1 Å². The van der Waals surface area contributed by atoms with Gasteiger partial charge in [0.1, 0.15) is 18.1 Å². The highest BCUT2D eigenvalue weighted by atomic mass is 32.2. The van der Waals surface area contributed by atoms with Crippen molar-refractivity contribution in [2.75, 3.05) is 31.6 Å². The molecule has 0 bridgehead atoms. The Hall–Kier alpha value is -2.58. The molecule has 1 aliphatic rings. The highest BCUT2D eigenvalue weighted by Crippen LogP contribution is 2.20. The number of aliphatic carboxylic acids is 1. The van der Waals surface area contributed by atoms with Gasteiger partial charge >= 0.3 is 5.97 Å². The number of aliphatic imine (C=N–C) groups is 1. The minimum atomic E-state index is -1.20. The third-order valence-corrected chi connectivity index (χ3v) is 6.57. The quantitative estimate of drug-likeness (QED) is 0.0639. The summed E-state index contributed by atoms with van der Waals surface area (Å²) in [5, 5.41) is 14.8. The van der Waals surface area contributed by atoms with Gasteiger partial charge in [-0.1, -0.05) is 6.42 Å². The third-order valence-electron chi connectivity index (χ3n) is 5.93. The minimum absolute atomic E-state index is 0.0956. The molecule has 0 aromatic rings. The van der Waals surface area contributed by atoms with Crippen molar-refractivity contribution in [1.29, 1.82) is 0 Å². The molecular weight excluding hydrogens is 488 g/mol. The molecule has 1 fully saturated rings. The van der Waals surface area contributed by atoms with E-state index in [1.807, 2.05) is 6.26 Å². The number of carbonyl (C=O) groups is 4. The van der Waals surface area contributed by atoms with Crippen LogP contribution in [0.25, 0.3) is 0 Å². The van der Waals surface area contributed by atoms with E-state index in [-0.39, 0.29) is 24.8 Å². The number of thioether (sulfide) groups is 1. The standard InChI is InChI=1S/C22H42N8O5S/c1-36-13-9-15(18(31)29-16(21(34)35)7-4-11-27-22(25)26)28-19(32)17-8-5-12-30(17)20(33)14(24)6-2-3-10-23/h14-17H,2-13,23-24H2,1H3,(H,28,32)(H,29,31)(H,34,35)(H4,25,26,27). The van der Waals surface area contributed by atoms with Crippen LogP contribution in [0.4, 0.5) is 0 Å². The van der Waals surface area contributed by atoms with Gasteiger partial charge in [0.2, 0.25) is 17.7 Å². The van der Waals surface area contributed by atoms with Gasteiger partial charge in [0.25, 0.3) is 0 Å². The summed E-state index contributed by atoms with van der Waals surface area (Å²) in [5.41, 5.74) is 22.1. The van der Waals surface area contributed by atoms with Crippen LogP contribution in [0.5, 0.6) is 0 Å². The second-order valence-electron chi connectivity index (χ2n) is 8.77. The number of unbranched alkanes of at least 4 members (excludes halogenated alkanes) is 1. The lowest BCUT2D eigenvalue weighted by Gasteiger charge is -2.28. The van der Waals surface area contributed by atoms with E-state index in [1.54, 1.807) is 0 Å². The molecule has 0 spiro atoms. The van der Waals surface area contributed by atoms with Crippen LogP contribution < -0.4 is 33.6 Å². The average molecular weight is 531 g/mol. The molecule has 1 aliphatic heterocycles. The minimum Gasteiger partial charge on any atom is -0.480 e. The van der Waals surface area contributed by atoms with Crippen LogP contribution in [0.3, 0.4) is 0 Å². The highest BCUT2D eigenvalue weighted by molar-refractivity contribution is 7.98. The monoisotopic (exact) mass is 530 g/mol. The van der Waals surface area contributed by atoms with Gasteiger partial charge in [0.05, 0.1) is 6.04 Å². The Morgan fingerprint density at radius 1 is 1.08 bits per heavy atom. The number of nitrogens with one attached hydrogen (secondary N) is 2. The van der Waals surface area contributed by atoms with Crippen LogP contribution in [-0.4, -0.2) is 95.5 Å². The smallest absolute Gasteiger partial charge is 0.326 e. The van der Waals surface area contributed by atoms with Crippen LogP contribution in [0.1, 0.15) is 51.4 Å². The molecule has 4 unspecified atom stereocenters. The maximum Gasteiger partial charge on any atom is 0.326 e. The van der Waals surface area contributed by atoms with Gasteiger partial charge in [-0.25, -0.2) is 4.79 Å². The van der Waals surface area contributed by atoms with Gasteiger partial charge < -0.3 is 43.6 Å². The fourth-order valence-corrected chi connectivity index (χ4v) is 4.43. The van der Waals surface area contributed by atoms with E-state index < -0.39 is 42.0 Å². The molecule has 36 heavy (non-hydrogen) atoms. The van der Waals surface area contributed by atoms with Crippen molar-refractivity contribution in [3.05, 3.63) is 0 Å². The Labute approximate surface area is 216 Å². The van der Waals surface area contributed by atoms with Crippen molar-refractivity contribution in [1.82, 2.24) is 15.5 Å². The summed E-state index contributed by atoms with van der Waals surface area (Å²) >= 11 is 1.49. The maximum atomic E-state index is 13.1. The molecule has 1 saturated heterocycles. The Kier molecular flexibility index (Phi) is 14.8. The second-order valence-corrected chi connectivity index (χ2v) is 9.76. The lowest BCUT2D eigenvalue weighted by atomic mass is 10.1. The van der Waals surface area contributed by atoms with Crippen molar-refractivity contribution in [2.45, 2.75) is 75.5 Å². The van der Waals surface area contributed by atoms with Gasteiger partial charge in [0.15, 0.2) is 5.96 Å². The zero-order chi connectivity index (χ0) is 27.1. The number of carboxylic acids is 1. The third kappa shape index (κ3) is 11.0. The normalized spacial score (nSPS) is 17.6. The van der Waals surface area contributed by atoms with Crippen LogP contribution in [-0.2, 0) is 19.2 Å². The van der Waals surface area contributed by atoms with E-state index in [2.05, 4.69) is 15.6 Å². The SMILES string of the molecule is CSCCC(NC(=O)C1CCCN1C(=O)C(N)CCCCN)C(=O)NC(CCCN=C(N)N)C(=O)O. The largest absolute Gasteiger partial charge is 0.480 e. The Morgan fingerprint density at radius 3 is 2.42 bits per heavy atom. The summed E-state index contributed by atoms with van der Waals surface area (Å²) in [5.74, 6) is -2.06. The summed E-state index contributed by atoms with van der Waals surface area (Å²) in [4.78, 5) is 55.9. The first kappa shape index (κ1) is 31.4. The summed E-state index contributed by atoms with van der Waals surface area (Å²) in [6.07, 6.45) is 5.73. The number of hydrogen-bond donors (Lipinski definition) is 7. The number of rotatable bonds is 17. The molecule has 4 atom stereocenters. The summed E-state index contributed by atoms with van der Waals surface area (Å²) in [7, 11) is 0. The van der Waals surface area contributed by atoms with Crippen molar-refractivity contribution < 1.29 is 24.3 Å². The number of likely N-dealkylation sites (tertiary alicyclic amines) is 1. The number of nitrogens with zero attached hydrogens (tertiary/aromatic N) is 2. The van der Waals surface area contributed by atoms with Crippen molar-refractivity contribution in [3.63, 3.8) is 0 Å². The Morgan fingerprint density at radius 2 is 1.81 bits per heavy atom. The van der Waals surface area contributed by atoms with Crippen molar-refractivity contribution in [2.24, 2.45) is 27.9 Å². The van der Waals surface area contributed by atoms with E-state index in [0.29, 0.717) is 50.9 Å². The predicted octanol–water partition coefficient (Wildman–Crippen LogP) is -1.71. The van der Waals surface area contributed by atoms with Crippen molar-refractivity contribution in [3.8, 4) is 0 Å². The molecule has 0 saturated carbocycles. The number of amides is 3. The first-order valence-electron chi connectivity index (χ1n) is 12.3. The lowest BCUT2D eigenvalue weighted by molar-refractivity contribution is -0.143. The van der Waals surface area contributed by atoms with Crippen LogP contribution >= 0.6 is 11.8 Å². The molecule has 1 rings (SSSR count). The first-order chi connectivity index (χ1) is 17.1. The molecule has 13 nitrogen and oxygen atoms in total. The predicted molar refractivity (Wildman–Crippen MR) is 140 cm³/mol. The zero-order valence-electron chi connectivity index (χ0n) is 21.0. The van der Waals surface area contributed by atoms with E-state index in [4.69, 9.17) is 22.9 Å². The lowest BCUT2D eigenvalue weighted by Crippen LogP contribution is -2.56. The second kappa shape index (κ2) is 17.0. The van der Waals surface area contributed by atoms with Gasteiger partial charge in [-0.05, 0) is 63.5 Å².